The number of ether oxygens (including phenoxy) is 1. The average molecular weight is 273 g/mol. The summed E-state index contributed by atoms with van der Waals surface area (Å²) in [6.07, 6.45) is 0.699. The first-order valence-electron chi connectivity index (χ1n) is 6.82. The van der Waals surface area contributed by atoms with Crippen LogP contribution in [0.25, 0.3) is 0 Å². The van der Waals surface area contributed by atoms with Crippen molar-refractivity contribution in [1.29, 1.82) is 0 Å². The molecule has 2 aromatic rings. The van der Waals surface area contributed by atoms with Crippen LogP contribution in [0.2, 0.25) is 0 Å². The van der Waals surface area contributed by atoms with Crippen LogP contribution in [-0.4, -0.2) is 6.61 Å². The molecule has 0 fully saturated rings. The van der Waals surface area contributed by atoms with Crippen LogP contribution in [0.15, 0.2) is 36.4 Å². The van der Waals surface area contributed by atoms with E-state index in [9.17, 15) is 4.48 Å². The molecule has 0 heterocycles. The summed E-state index contributed by atoms with van der Waals surface area (Å²) in [4.78, 5) is 0. The van der Waals surface area contributed by atoms with Gasteiger partial charge in [0.15, 0.2) is 0 Å². The summed E-state index contributed by atoms with van der Waals surface area (Å²) in [5.74, 6) is 0.678. The third kappa shape index (κ3) is 3.29. The minimum Gasteiger partial charge on any atom is -0.494 e. The number of hydrogen-bond donors (Lipinski definition) is 1. The highest BCUT2D eigenvalue weighted by Gasteiger charge is 2.07. The molecule has 0 aliphatic heterocycles. The molecule has 3 heteroatoms. The number of nitrogens with one attached hydrogen (secondary N) is 1. The van der Waals surface area contributed by atoms with Gasteiger partial charge in [-0.25, -0.2) is 5.54 Å². The molecule has 106 valence electrons. The van der Waals surface area contributed by atoms with Gasteiger partial charge in [-0.15, -0.1) is 4.48 Å². The van der Waals surface area contributed by atoms with Crippen LogP contribution in [0.3, 0.4) is 0 Å². The number of anilines is 1. The highest BCUT2D eigenvalue weighted by molar-refractivity contribution is 5.55. The topological polar surface area (TPSA) is 21.3 Å². The Bertz CT molecular complexity index is 596. The molecule has 2 rings (SSSR count). The molecule has 0 unspecified atom stereocenters. The Labute approximate surface area is 119 Å². The Morgan fingerprint density at radius 2 is 1.80 bits per heavy atom. The molecule has 0 amide bonds. The van der Waals surface area contributed by atoms with Crippen LogP contribution >= 0.6 is 0 Å². The minimum atomic E-state index is 0.468. The Kier molecular flexibility index (Phi) is 4.61. The lowest BCUT2D eigenvalue weighted by atomic mass is 9.98. The zero-order valence-electron chi connectivity index (χ0n) is 12.2. The van der Waals surface area contributed by atoms with Gasteiger partial charge in [0.05, 0.1) is 12.3 Å². The van der Waals surface area contributed by atoms with E-state index in [2.05, 4.69) is 32.0 Å². The van der Waals surface area contributed by atoms with Gasteiger partial charge in [0.1, 0.15) is 5.75 Å². The van der Waals surface area contributed by atoms with Crippen molar-refractivity contribution in [2.75, 3.05) is 12.1 Å². The molecule has 0 spiro atoms. The van der Waals surface area contributed by atoms with Gasteiger partial charge in [0, 0.05) is 6.07 Å². The molecule has 0 saturated heterocycles. The van der Waals surface area contributed by atoms with Crippen molar-refractivity contribution in [2.24, 2.45) is 0 Å². The molecule has 0 aliphatic rings. The molecule has 0 saturated carbocycles. The normalized spacial score (nSPS) is 10.4. The van der Waals surface area contributed by atoms with Gasteiger partial charge in [-0.05, 0) is 49.9 Å². The largest absolute Gasteiger partial charge is 0.494 e. The van der Waals surface area contributed by atoms with Gasteiger partial charge >= 0.3 is 0 Å². The van der Waals surface area contributed by atoms with Crippen molar-refractivity contribution >= 4 is 5.69 Å². The number of rotatable bonds is 5. The molecule has 1 N–H and O–H groups in total. The molecule has 0 aromatic heterocycles. The highest BCUT2D eigenvalue weighted by Crippen LogP contribution is 2.26. The van der Waals surface area contributed by atoms with Gasteiger partial charge in [0.2, 0.25) is 0 Å². The van der Waals surface area contributed by atoms with Crippen molar-refractivity contribution in [3.63, 3.8) is 0 Å². The maximum atomic E-state index is 13.0. The van der Waals surface area contributed by atoms with E-state index in [0.29, 0.717) is 24.5 Å². The zero-order valence-corrected chi connectivity index (χ0v) is 12.2. The Morgan fingerprint density at radius 3 is 2.45 bits per heavy atom. The van der Waals surface area contributed by atoms with E-state index in [-0.39, 0.29) is 0 Å². The van der Waals surface area contributed by atoms with Gasteiger partial charge in [-0.3, -0.25) is 0 Å². The van der Waals surface area contributed by atoms with Crippen molar-refractivity contribution in [1.82, 2.24) is 0 Å². The summed E-state index contributed by atoms with van der Waals surface area (Å²) in [6, 6.07) is 11.8. The fourth-order valence-corrected chi connectivity index (χ4v) is 2.30. The number of aryl methyl sites for hydroxylation is 2. The zero-order chi connectivity index (χ0) is 14.5. The maximum absolute atomic E-state index is 13.0. The van der Waals surface area contributed by atoms with E-state index < -0.39 is 0 Å². The molecule has 0 atom stereocenters. The SMILES string of the molecule is CCOc1ccc(Cc2ccc(C)cc2C)c(NF)c1. The molecule has 2 nitrogen and oxygen atoms in total. The van der Waals surface area contributed by atoms with Crippen LogP contribution in [0.4, 0.5) is 10.2 Å². The molecular weight excluding hydrogens is 253 g/mol. The van der Waals surface area contributed by atoms with E-state index in [1.165, 1.54) is 16.7 Å². The third-order valence-corrected chi connectivity index (χ3v) is 3.37. The van der Waals surface area contributed by atoms with Crippen molar-refractivity contribution < 1.29 is 9.22 Å². The number of benzene rings is 2. The second-order valence-electron chi connectivity index (χ2n) is 4.95. The second-order valence-corrected chi connectivity index (χ2v) is 4.95. The lowest BCUT2D eigenvalue weighted by molar-refractivity contribution is 0.340. The Morgan fingerprint density at radius 1 is 1.05 bits per heavy atom. The lowest BCUT2D eigenvalue weighted by Gasteiger charge is -2.12. The van der Waals surface area contributed by atoms with E-state index in [1.54, 1.807) is 11.6 Å². The molecular formula is C17H20FNO. The van der Waals surface area contributed by atoms with E-state index in [4.69, 9.17) is 4.74 Å². The van der Waals surface area contributed by atoms with Crippen molar-refractivity contribution in [3.05, 3.63) is 58.7 Å². The van der Waals surface area contributed by atoms with Gasteiger partial charge in [0.25, 0.3) is 0 Å². The summed E-state index contributed by atoms with van der Waals surface area (Å²) in [7, 11) is 0. The van der Waals surface area contributed by atoms with Crippen LogP contribution in [-0.2, 0) is 6.42 Å². The first-order valence-corrected chi connectivity index (χ1v) is 6.82. The van der Waals surface area contributed by atoms with Crippen LogP contribution < -0.4 is 10.3 Å². The smallest absolute Gasteiger partial charge is 0.121 e. The Hall–Kier alpha value is -2.03. The summed E-state index contributed by atoms with van der Waals surface area (Å²) in [5, 5.41) is 0. The second kappa shape index (κ2) is 6.42. The predicted molar refractivity (Wildman–Crippen MR) is 81.1 cm³/mol. The first-order chi connectivity index (χ1) is 9.63. The number of hydrogen-bond acceptors (Lipinski definition) is 2. The Balaban J connectivity index is 2.28. The molecule has 2 aromatic carbocycles. The summed E-state index contributed by atoms with van der Waals surface area (Å²) < 4.78 is 18.4. The van der Waals surface area contributed by atoms with Gasteiger partial charge < -0.3 is 4.74 Å². The summed E-state index contributed by atoms with van der Waals surface area (Å²) in [6.45, 7) is 6.63. The van der Waals surface area contributed by atoms with E-state index in [0.717, 1.165) is 5.56 Å². The third-order valence-electron chi connectivity index (χ3n) is 3.37. The fourth-order valence-electron chi connectivity index (χ4n) is 2.30. The molecule has 0 bridgehead atoms. The average Bonchev–Trinajstić information content (AvgIpc) is 2.43. The van der Waals surface area contributed by atoms with Crippen molar-refractivity contribution in [3.8, 4) is 5.75 Å². The molecule has 20 heavy (non-hydrogen) atoms. The van der Waals surface area contributed by atoms with Gasteiger partial charge in [-0.1, -0.05) is 29.8 Å². The van der Waals surface area contributed by atoms with Crippen LogP contribution in [0.5, 0.6) is 5.75 Å². The van der Waals surface area contributed by atoms with Crippen LogP contribution in [0, 0.1) is 13.8 Å². The molecule has 0 radical (unpaired) electrons. The standard InChI is InChI=1S/C17H20FNO/c1-4-20-16-8-7-15(17(11-16)19-18)10-14-6-5-12(2)9-13(14)3/h5-9,11,19H,4,10H2,1-3H3. The van der Waals surface area contributed by atoms with Gasteiger partial charge in [-0.2, -0.15) is 0 Å². The highest BCUT2D eigenvalue weighted by atomic mass is 19.2. The first kappa shape index (κ1) is 14.4. The van der Waals surface area contributed by atoms with E-state index in [1.807, 2.05) is 19.1 Å². The summed E-state index contributed by atoms with van der Waals surface area (Å²) in [5.41, 5.74) is 6.82. The lowest BCUT2D eigenvalue weighted by Crippen LogP contribution is -1.98. The minimum absolute atomic E-state index is 0.468. The monoisotopic (exact) mass is 273 g/mol. The maximum Gasteiger partial charge on any atom is 0.121 e. The fraction of sp³-hybridized carbons (Fsp3) is 0.294. The number of halogens is 1. The molecule has 0 aliphatic carbocycles. The van der Waals surface area contributed by atoms with E-state index >= 15 is 0 Å². The van der Waals surface area contributed by atoms with Crippen molar-refractivity contribution in [2.45, 2.75) is 27.2 Å². The quantitative estimate of drug-likeness (QED) is 0.804. The summed E-state index contributed by atoms with van der Waals surface area (Å²) >= 11 is 0. The van der Waals surface area contributed by atoms with Crippen LogP contribution in [0.1, 0.15) is 29.2 Å². The predicted octanol–water partition coefficient (Wildman–Crippen LogP) is 4.59.